The molecule has 1 aliphatic heterocycles. The van der Waals surface area contributed by atoms with Gasteiger partial charge in [-0.25, -0.2) is 0 Å². The Morgan fingerprint density at radius 1 is 1.43 bits per heavy atom. The maximum Gasteiger partial charge on any atom is 0.253 e. The molecule has 2 rings (SSSR count). The summed E-state index contributed by atoms with van der Waals surface area (Å²) >= 11 is 6.02. The minimum atomic E-state index is -0.0589. The molecule has 5 heteroatoms. The number of halogens is 1. The van der Waals surface area contributed by atoms with Gasteiger partial charge < -0.3 is 10.6 Å². The fourth-order valence-electron chi connectivity index (χ4n) is 2.90. The van der Waals surface area contributed by atoms with Gasteiger partial charge in [-0.1, -0.05) is 18.5 Å². The number of anilines is 1. The summed E-state index contributed by atoms with van der Waals surface area (Å²) in [6, 6.07) is 5.84. The maximum absolute atomic E-state index is 12.4. The number of nitrogens with one attached hydrogen (secondary N) is 2. The fourth-order valence-corrected chi connectivity index (χ4v) is 3.07. The van der Waals surface area contributed by atoms with E-state index in [1.807, 2.05) is 13.0 Å². The molecule has 21 heavy (non-hydrogen) atoms. The highest BCUT2D eigenvalue weighted by molar-refractivity contribution is 6.31. The molecule has 1 heterocycles. The van der Waals surface area contributed by atoms with E-state index in [0.717, 1.165) is 31.7 Å². The van der Waals surface area contributed by atoms with Crippen LogP contribution in [0.5, 0.6) is 0 Å². The molecule has 1 atom stereocenters. The van der Waals surface area contributed by atoms with E-state index >= 15 is 0 Å². The minimum absolute atomic E-state index is 0.0589. The average molecular weight is 310 g/mol. The van der Waals surface area contributed by atoms with Crippen molar-refractivity contribution in [2.45, 2.75) is 32.7 Å². The molecule has 1 aromatic rings. The fraction of sp³-hybridized carbons (Fsp3) is 0.562. The molecule has 1 unspecified atom stereocenters. The Balaban J connectivity index is 2.01. The lowest BCUT2D eigenvalue weighted by molar-refractivity contribution is 0.0942. The Morgan fingerprint density at radius 3 is 2.95 bits per heavy atom. The van der Waals surface area contributed by atoms with Crippen molar-refractivity contribution >= 4 is 23.2 Å². The molecule has 1 amide bonds. The number of likely N-dealkylation sites (tertiary alicyclic amines) is 1. The summed E-state index contributed by atoms with van der Waals surface area (Å²) in [5.74, 6) is -0.0589. The SMILES string of the molecule is CCNc1ccc(Cl)cc1C(=O)NCC1CCCN1CC. The lowest BCUT2D eigenvalue weighted by Crippen LogP contribution is -2.40. The number of benzene rings is 1. The Labute approximate surface area is 131 Å². The molecule has 1 saturated heterocycles. The second-order valence-corrected chi connectivity index (χ2v) is 5.79. The molecule has 0 saturated carbocycles. The Bertz CT molecular complexity index is 492. The number of rotatable bonds is 6. The summed E-state index contributed by atoms with van der Waals surface area (Å²) < 4.78 is 0. The lowest BCUT2D eigenvalue weighted by Gasteiger charge is -2.23. The molecule has 2 N–H and O–H groups in total. The molecule has 1 aliphatic rings. The molecule has 0 radical (unpaired) electrons. The molecule has 0 spiro atoms. The van der Waals surface area contributed by atoms with Crippen molar-refractivity contribution in [2.75, 3.05) is 31.5 Å². The molecule has 0 aromatic heterocycles. The van der Waals surface area contributed by atoms with Crippen LogP contribution in [-0.2, 0) is 0 Å². The summed E-state index contributed by atoms with van der Waals surface area (Å²) in [4.78, 5) is 14.8. The number of nitrogens with zero attached hydrogens (tertiary/aromatic N) is 1. The first-order valence-corrected chi connectivity index (χ1v) is 8.09. The van der Waals surface area contributed by atoms with Crippen molar-refractivity contribution < 1.29 is 4.79 Å². The number of carbonyl (C=O) groups excluding carboxylic acids is 1. The quantitative estimate of drug-likeness (QED) is 0.849. The van der Waals surface area contributed by atoms with Crippen LogP contribution in [-0.4, -0.2) is 43.0 Å². The van der Waals surface area contributed by atoms with Gasteiger partial charge in [0.05, 0.1) is 5.56 Å². The number of carbonyl (C=O) groups is 1. The second-order valence-electron chi connectivity index (χ2n) is 5.35. The van der Waals surface area contributed by atoms with E-state index in [1.54, 1.807) is 12.1 Å². The van der Waals surface area contributed by atoms with Crippen molar-refractivity contribution in [1.82, 2.24) is 10.2 Å². The molecule has 116 valence electrons. The van der Waals surface area contributed by atoms with Gasteiger partial charge in [-0.3, -0.25) is 9.69 Å². The number of amides is 1. The third-order valence-corrected chi connectivity index (χ3v) is 4.23. The Hall–Kier alpha value is -1.26. The van der Waals surface area contributed by atoms with E-state index in [4.69, 9.17) is 11.6 Å². The standard InChI is InChI=1S/C16H24ClN3O/c1-3-18-15-8-7-12(17)10-14(15)16(21)19-11-13-6-5-9-20(13)4-2/h7-8,10,13,18H,3-6,9,11H2,1-2H3,(H,19,21). The Kier molecular flexibility index (Phi) is 5.88. The summed E-state index contributed by atoms with van der Waals surface area (Å²) in [5.41, 5.74) is 1.45. The van der Waals surface area contributed by atoms with Crippen molar-refractivity contribution in [3.8, 4) is 0 Å². The predicted molar refractivity (Wildman–Crippen MR) is 88.2 cm³/mol. The van der Waals surface area contributed by atoms with Crippen molar-refractivity contribution in [2.24, 2.45) is 0 Å². The zero-order valence-electron chi connectivity index (χ0n) is 12.8. The van der Waals surface area contributed by atoms with Gasteiger partial charge in [0.15, 0.2) is 0 Å². The van der Waals surface area contributed by atoms with Crippen molar-refractivity contribution in [3.05, 3.63) is 28.8 Å². The zero-order chi connectivity index (χ0) is 15.2. The molecule has 1 fully saturated rings. The van der Waals surface area contributed by atoms with Crippen LogP contribution >= 0.6 is 11.6 Å². The van der Waals surface area contributed by atoms with Crippen LogP contribution in [0, 0.1) is 0 Å². The van der Waals surface area contributed by atoms with E-state index in [1.165, 1.54) is 6.42 Å². The number of hydrogen-bond acceptors (Lipinski definition) is 3. The van der Waals surface area contributed by atoms with Gasteiger partial charge in [0.1, 0.15) is 0 Å². The normalized spacial score (nSPS) is 18.7. The molecule has 0 aliphatic carbocycles. The highest BCUT2D eigenvalue weighted by Crippen LogP contribution is 2.21. The largest absolute Gasteiger partial charge is 0.385 e. The smallest absolute Gasteiger partial charge is 0.253 e. The first-order valence-electron chi connectivity index (χ1n) is 7.71. The molecule has 1 aromatic carbocycles. The number of hydrogen-bond donors (Lipinski definition) is 2. The van der Waals surface area contributed by atoms with Gasteiger partial charge in [-0.15, -0.1) is 0 Å². The average Bonchev–Trinajstić information content (AvgIpc) is 2.94. The highest BCUT2D eigenvalue weighted by Gasteiger charge is 2.23. The Morgan fingerprint density at radius 2 is 2.24 bits per heavy atom. The third kappa shape index (κ3) is 4.11. The predicted octanol–water partition coefficient (Wildman–Crippen LogP) is 2.99. The number of likely N-dealkylation sites (N-methyl/N-ethyl adjacent to an activating group) is 1. The van der Waals surface area contributed by atoms with E-state index in [-0.39, 0.29) is 5.91 Å². The van der Waals surface area contributed by atoms with Crippen LogP contribution in [0.1, 0.15) is 37.0 Å². The minimum Gasteiger partial charge on any atom is -0.385 e. The first kappa shape index (κ1) is 16.1. The van der Waals surface area contributed by atoms with Crippen LogP contribution < -0.4 is 10.6 Å². The third-order valence-electron chi connectivity index (χ3n) is 4.00. The van der Waals surface area contributed by atoms with Crippen LogP contribution in [0.2, 0.25) is 5.02 Å². The maximum atomic E-state index is 12.4. The van der Waals surface area contributed by atoms with Gasteiger partial charge >= 0.3 is 0 Å². The van der Waals surface area contributed by atoms with E-state index in [2.05, 4.69) is 22.5 Å². The van der Waals surface area contributed by atoms with Gasteiger partial charge in [0.2, 0.25) is 0 Å². The molecule has 0 bridgehead atoms. The summed E-state index contributed by atoms with van der Waals surface area (Å²) in [5, 5.41) is 6.84. The molecule has 4 nitrogen and oxygen atoms in total. The monoisotopic (exact) mass is 309 g/mol. The topological polar surface area (TPSA) is 44.4 Å². The highest BCUT2D eigenvalue weighted by atomic mass is 35.5. The van der Waals surface area contributed by atoms with Gasteiger partial charge in [0, 0.05) is 29.8 Å². The zero-order valence-corrected chi connectivity index (χ0v) is 13.5. The van der Waals surface area contributed by atoms with Gasteiger partial charge in [-0.2, -0.15) is 0 Å². The van der Waals surface area contributed by atoms with Gasteiger partial charge in [0.25, 0.3) is 5.91 Å². The van der Waals surface area contributed by atoms with E-state index in [9.17, 15) is 4.79 Å². The second kappa shape index (κ2) is 7.66. The van der Waals surface area contributed by atoms with Gasteiger partial charge in [-0.05, 0) is 51.1 Å². The summed E-state index contributed by atoms with van der Waals surface area (Å²) in [7, 11) is 0. The van der Waals surface area contributed by atoms with Crippen LogP contribution in [0.15, 0.2) is 18.2 Å². The first-order chi connectivity index (χ1) is 10.2. The van der Waals surface area contributed by atoms with Crippen molar-refractivity contribution in [1.29, 1.82) is 0 Å². The lowest BCUT2D eigenvalue weighted by atomic mass is 10.1. The summed E-state index contributed by atoms with van der Waals surface area (Å²) in [6.07, 6.45) is 2.37. The van der Waals surface area contributed by atoms with Crippen LogP contribution in [0.3, 0.4) is 0 Å². The summed E-state index contributed by atoms with van der Waals surface area (Å²) in [6.45, 7) is 7.82. The van der Waals surface area contributed by atoms with Crippen LogP contribution in [0.25, 0.3) is 0 Å². The molecular weight excluding hydrogens is 286 g/mol. The van der Waals surface area contributed by atoms with E-state index in [0.29, 0.717) is 23.2 Å². The van der Waals surface area contributed by atoms with E-state index < -0.39 is 0 Å². The van der Waals surface area contributed by atoms with Crippen molar-refractivity contribution in [3.63, 3.8) is 0 Å². The molecular formula is C16H24ClN3O. The van der Waals surface area contributed by atoms with Crippen LogP contribution in [0.4, 0.5) is 5.69 Å².